The molecule has 0 aliphatic heterocycles. The van der Waals surface area contributed by atoms with E-state index < -0.39 is 0 Å². The van der Waals surface area contributed by atoms with Crippen LogP contribution in [-0.2, 0) is 11.3 Å². The average molecular weight is 235 g/mol. The molecule has 0 amide bonds. The van der Waals surface area contributed by atoms with Gasteiger partial charge in [-0.1, -0.05) is 51.1 Å². The average Bonchev–Trinajstić information content (AvgIpc) is 2.35. The second-order valence-electron chi connectivity index (χ2n) is 5.00. The topological polar surface area (TPSA) is 21.3 Å². The van der Waals surface area contributed by atoms with E-state index in [-0.39, 0.29) is 0 Å². The summed E-state index contributed by atoms with van der Waals surface area (Å²) in [5.41, 5.74) is 1.24. The summed E-state index contributed by atoms with van der Waals surface area (Å²) in [5.74, 6) is 1.29. The monoisotopic (exact) mass is 235 g/mol. The lowest BCUT2D eigenvalue weighted by molar-refractivity contribution is 0.0787. The summed E-state index contributed by atoms with van der Waals surface area (Å²) in [7, 11) is 2.01. The molecule has 1 N–H and O–H groups in total. The highest BCUT2D eigenvalue weighted by Gasteiger charge is 2.18. The van der Waals surface area contributed by atoms with Crippen molar-refractivity contribution < 1.29 is 4.74 Å². The molecule has 0 aliphatic rings. The molecule has 0 spiro atoms. The Hall–Kier alpha value is -0.860. The van der Waals surface area contributed by atoms with Crippen LogP contribution in [0.3, 0.4) is 0 Å². The highest BCUT2D eigenvalue weighted by atomic mass is 16.5. The zero-order valence-electron chi connectivity index (χ0n) is 11.4. The summed E-state index contributed by atoms with van der Waals surface area (Å²) in [5, 5.41) is 3.34. The second-order valence-corrected chi connectivity index (χ2v) is 5.00. The summed E-state index contributed by atoms with van der Waals surface area (Å²) in [6, 6.07) is 10.7. The van der Waals surface area contributed by atoms with E-state index >= 15 is 0 Å². The van der Waals surface area contributed by atoms with E-state index in [1.54, 1.807) is 0 Å². The van der Waals surface area contributed by atoms with Gasteiger partial charge in [0.15, 0.2) is 0 Å². The molecule has 2 atom stereocenters. The second kappa shape index (κ2) is 7.46. The molecule has 0 fully saturated rings. The van der Waals surface area contributed by atoms with Crippen molar-refractivity contribution in [2.24, 2.45) is 11.8 Å². The van der Waals surface area contributed by atoms with Gasteiger partial charge in [0.25, 0.3) is 0 Å². The molecule has 1 aromatic rings. The number of nitrogens with one attached hydrogen (secondary N) is 1. The molecule has 2 heteroatoms. The predicted molar refractivity (Wildman–Crippen MR) is 72.9 cm³/mol. The number of rotatable bonds is 7. The molecule has 96 valence electrons. The molecule has 0 aliphatic carbocycles. The zero-order chi connectivity index (χ0) is 12.7. The summed E-state index contributed by atoms with van der Waals surface area (Å²) in [6.07, 6.45) is 0. The maximum Gasteiger partial charge on any atom is 0.0717 e. The molecule has 0 heterocycles. The van der Waals surface area contributed by atoms with Gasteiger partial charge in [0.05, 0.1) is 13.2 Å². The number of hydrogen-bond donors (Lipinski definition) is 1. The van der Waals surface area contributed by atoms with Crippen LogP contribution >= 0.6 is 0 Å². The minimum absolute atomic E-state index is 0.429. The minimum Gasteiger partial charge on any atom is -0.375 e. The fourth-order valence-electron chi connectivity index (χ4n) is 1.84. The molecular formula is C15H25NO. The highest BCUT2D eigenvalue weighted by Crippen LogP contribution is 2.15. The van der Waals surface area contributed by atoms with Gasteiger partial charge in [0, 0.05) is 6.04 Å². The number of ether oxygens (including phenoxy) is 1. The van der Waals surface area contributed by atoms with Gasteiger partial charge in [0.2, 0.25) is 0 Å². The molecule has 2 unspecified atom stereocenters. The first-order chi connectivity index (χ1) is 8.15. The standard InChI is InChI=1S/C15H25NO/c1-12(2)13(3)15(16-4)11-17-10-14-8-6-5-7-9-14/h5-9,12-13,15-16H,10-11H2,1-4H3. The van der Waals surface area contributed by atoms with Crippen molar-refractivity contribution in [3.63, 3.8) is 0 Å². The van der Waals surface area contributed by atoms with Crippen LogP contribution in [0.15, 0.2) is 30.3 Å². The first-order valence-corrected chi connectivity index (χ1v) is 6.44. The Morgan fingerprint density at radius 2 is 1.76 bits per heavy atom. The molecule has 1 aromatic carbocycles. The Morgan fingerprint density at radius 1 is 1.12 bits per heavy atom. The van der Waals surface area contributed by atoms with E-state index in [2.05, 4.69) is 38.2 Å². The molecule has 17 heavy (non-hydrogen) atoms. The summed E-state index contributed by atoms with van der Waals surface area (Å²) in [4.78, 5) is 0. The SMILES string of the molecule is CNC(COCc1ccccc1)C(C)C(C)C. The number of hydrogen-bond acceptors (Lipinski definition) is 2. The van der Waals surface area contributed by atoms with Gasteiger partial charge in [-0.2, -0.15) is 0 Å². The lowest BCUT2D eigenvalue weighted by atomic mass is 9.91. The fourth-order valence-corrected chi connectivity index (χ4v) is 1.84. The van der Waals surface area contributed by atoms with Crippen molar-refractivity contribution >= 4 is 0 Å². The number of benzene rings is 1. The maximum atomic E-state index is 5.78. The molecule has 0 saturated heterocycles. The van der Waals surface area contributed by atoms with Gasteiger partial charge >= 0.3 is 0 Å². The summed E-state index contributed by atoms with van der Waals surface area (Å²) >= 11 is 0. The van der Waals surface area contributed by atoms with Crippen molar-refractivity contribution in [3.05, 3.63) is 35.9 Å². The third kappa shape index (κ3) is 4.88. The molecule has 1 rings (SSSR count). The summed E-state index contributed by atoms with van der Waals surface area (Å²) < 4.78 is 5.78. The van der Waals surface area contributed by atoms with Gasteiger partial charge in [-0.15, -0.1) is 0 Å². The Labute approximate surface area is 105 Å². The van der Waals surface area contributed by atoms with Gasteiger partial charge in [-0.3, -0.25) is 0 Å². The van der Waals surface area contributed by atoms with E-state index in [0.717, 1.165) is 6.61 Å². The largest absolute Gasteiger partial charge is 0.375 e. The first kappa shape index (κ1) is 14.2. The van der Waals surface area contributed by atoms with Crippen molar-refractivity contribution in [1.29, 1.82) is 0 Å². The van der Waals surface area contributed by atoms with Gasteiger partial charge in [-0.25, -0.2) is 0 Å². The van der Waals surface area contributed by atoms with Crippen molar-refractivity contribution in [2.75, 3.05) is 13.7 Å². The molecule has 2 nitrogen and oxygen atoms in total. The molecular weight excluding hydrogens is 210 g/mol. The quantitative estimate of drug-likeness (QED) is 0.784. The van der Waals surface area contributed by atoms with E-state index in [9.17, 15) is 0 Å². The van der Waals surface area contributed by atoms with E-state index in [1.165, 1.54) is 5.56 Å². The molecule has 0 radical (unpaired) electrons. The van der Waals surface area contributed by atoms with Crippen LogP contribution in [0.2, 0.25) is 0 Å². The zero-order valence-corrected chi connectivity index (χ0v) is 11.4. The first-order valence-electron chi connectivity index (χ1n) is 6.44. The predicted octanol–water partition coefficient (Wildman–Crippen LogP) is 3.08. The van der Waals surface area contributed by atoms with Crippen LogP contribution in [0.1, 0.15) is 26.3 Å². The van der Waals surface area contributed by atoms with E-state index in [0.29, 0.717) is 24.5 Å². The van der Waals surface area contributed by atoms with E-state index in [1.807, 2.05) is 25.2 Å². The number of likely N-dealkylation sites (N-methyl/N-ethyl adjacent to an activating group) is 1. The third-order valence-corrected chi connectivity index (χ3v) is 3.47. The Kier molecular flexibility index (Phi) is 6.23. The molecule has 0 aromatic heterocycles. The fraction of sp³-hybridized carbons (Fsp3) is 0.600. The maximum absolute atomic E-state index is 5.78. The Balaban J connectivity index is 2.34. The van der Waals surface area contributed by atoms with Crippen LogP contribution in [0.5, 0.6) is 0 Å². The van der Waals surface area contributed by atoms with Gasteiger partial charge in [0.1, 0.15) is 0 Å². The Morgan fingerprint density at radius 3 is 2.29 bits per heavy atom. The van der Waals surface area contributed by atoms with Crippen LogP contribution in [0.4, 0.5) is 0 Å². The van der Waals surface area contributed by atoms with Crippen molar-refractivity contribution in [2.45, 2.75) is 33.4 Å². The van der Waals surface area contributed by atoms with Crippen molar-refractivity contribution in [1.82, 2.24) is 5.32 Å². The molecule has 0 bridgehead atoms. The van der Waals surface area contributed by atoms with Gasteiger partial charge in [-0.05, 0) is 24.4 Å². The van der Waals surface area contributed by atoms with Crippen LogP contribution in [0, 0.1) is 11.8 Å². The Bertz CT molecular complexity index is 297. The lowest BCUT2D eigenvalue weighted by Crippen LogP contribution is -2.38. The van der Waals surface area contributed by atoms with E-state index in [4.69, 9.17) is 4.74 Å². The van der Waals surface area contributed by atoms with Crippen LogP contribution < -0.4 is 5.32 Å². The normalized spacial score (nSPS) is 14.9. The smallest absolute Gasteiger partial charge is 0.0717 e. The summed E-state index contributed by atoms with van der Waals surface area (Å²) in [6.45, 7) is 8.25. The lowest BCUT2D eigenvalue weighted by Gasteiger charge is -2.26. The molecule has 0 saturated carbocycles. The third-order valence-electron chi connectivity index (χ3n) is 3.47. The minimum atomic E-state index is 0.429. The van der Waals surface area contributed by atoms with Crippen LogP contribution in [-0.4, -0.2) is 19.7 Å². The van der Waals surface area contributed by atoms with Crippen LogP contribution in [0.25, 0.3) is 0 Å². The highest BCUT2D eigenvalue weighted by molar-refractivity contribution is 5.13. The van der Waals surface area contributed by atoms with Crippen molar-refractivity contribution in [3.8, 4) is 0 Å². The van der Waals surface area contributed by atoms with Gasteiger partial charge < -0.3 is 10.1 Å².